The van der Waals surface area contributed by atoms with Crippen LogP contribution in [0.5, 0.6) is 5.75 Å². The number of carbonyl (C=O) groups is 1. The predicted octanol–water partition coefficient (Wildman–Crippen LogP) is 2.56. The molecule has 0 unspecified atom stereocenters. The third-order valence-electron chi connectivity index (χ3n) is 3.87. The van der Waals surface area contributed by atoms with Crippen LogP contribution in [0.25, 0.3) is 0 Å². The molecule has 2 rings (SSSR count). The van der Waals surface area contributed by atoms with Crippen molar-refractivity contribution in [2.45, 2.75) is 26.2 Å². The van der Waals surface area contributed by atoms with Gasteiger partial charge in [0.15, 0.2) is 0 Å². The van der Waals surface area contributed by atoms with Crippen molar-refractivity contribution in [2.24, 2.45) is 5.92 Å². The Bertz CT molecular complexity index is 422. The molecule has 4 nitrogen and oxygen atoms in total. The van der Waals surface area contributed by atoms with Crippen molar-refractivity contribution in [2.75, 3.05) is 26.2 Å². The van der Waals surface area contributed by atoms with Gasteiger partial charge in [0, 0.05) is 13.0 Å². The Kier molecular flexibility index (Phi) is 5.41. The van der Waals surface area contributed by atoms with Crippen LogP contribution in [-0.4, -0.2) is 42.2 Å². The minimum absolute atomic E-state index is 0.313. The van der Waals surface area contributed by atoms with Crippen molar-refractivity contribution >= 4 is 5.97 Å². The average molecular weight is 277 g/mol. The molecule has 0 spiro atoms. The van der Waals surface area contributed by atoms with Crippen molar-refractivity contribution in [1.29, 1.82) is 0 Å². The van der Waals surface area contributed by atoms with E-state index in [1.165, 1.54) is 5.56 Å². The summed E-state index contributed by atoms with van der Waals surface area (Å²) in [5.74, 6) is 0.587. The van der Waals surface area contributed by atoms with Crippen molar-refractivity contribution in [3.05, 3.63) is 29.8 Å². The molecule has 1 heterocycles. The molecule has 20 heavy (non-hydrogen) atoms. The van der Waals surface area contributed by atoms with Crippen molar-refractivity contribution in [3.63, 3.8) is 0 Å². The highest BCUT2D eigenvalue weighted by Crippen LogP contribution is 2.20. The number of benzene rings is 1. The highest BCUT2D eigenvalue weighted by molar-refractivity contribution is 5.67. The fourth-order valence-electron chi connectivity index (χ4n) is 2.59. The van der Waals surface area contributed by atoms with Gasteiger partial charge in [-0.1, -0.05) is 17.7 Å². The maximum Gasteiger partial charge on any atom is 0.303 e. The Morgan fingerprint density at radius 2 is 1.95 bits per heavy atom. The van der Waals surface area contributed by atoms with Gasteiger partial charge >= 0.3 is 5.97 Å². The molecule has 0 bridgehead atoms. The van der Waals surface area contributed by atoms with Gasteiger partial charge in [-0.05, 0) is 50.9 Å². The second kappa shape index (κ2) is 7.29. The first-order valence-corrected chi connectivity index (χ1v) is 7.27. The molecule has 0 saturated carbocycles. The van der Waals surface area contributed by atoms with E-state index in [2.05, 4.69) is 11.8 Å². The van der Waals surface area contributed by atoms with Crippen molar-refractivity contribution in [1.82, 2.24) is 4.90 Å². The number of hydrogen-bond donors (Lipinski definition) is 1. The molecule has 110 valence electrons. The largest absolute Gasteiger partial charge is 0.492 e. The molecule has 0 aliphatic carbocycles. The van der Waals surface area contributed by atoms with Gasteiger partial charge in [0.2, 0.25) is 0 Å². The molecule has 1 saturated heterocycles. The van der Waals surface area contributed by atoms with E-state index in [9.17, 15) is 4.79 Å². The normalized spacial score (nSPS) is 17.1. The monoisotopic (exact) mass is 277 g/mol. The van der Waals surface area contributed by atoms with Gasteiger partial charge in [-0.3, -0.25) is 9.69 Å². The number of carboxylic acids is 1. The predicted molar refractivity (Wildman–Crippen MR) is 78.1 cm³/mol. The van der Waals surface area contributed by atoms with Crippen molar-refractivity contribution < 1.29 is 14.6 Å². The van der Waals surface area contributed by atoms with Gasteiger partial charge in [0.25, 0.3) is 0 Å². The molecular formula is C16H23NO3. The van der Waals surface area contributed by atoms with Crippen LogP contribution in [0.4, 0.5) is 0 Å². The number of rotatable bonds is 6. The number of carboxylic acid groups (broad SMARTS) is 1. The fraction of sp³-hybridized carbons (Fsp3) is 0.562. The van der Waals surface area contributed by atoms with Crippen LogP contribution in [-0.2, 0) is 4.79 Å². The number of ether oxygens (including phenoxy) is 1. The summed E-state index contributed by atoms with van der Waals surface area (Å²) in [4.78, 5) is 13.0. The third-order valence-corrected chi connectivity index (χ3v) is 3.87. The number of nitrogens with zero attached hydrogens (tertiary/aromatic N) is 1. The summed E-state index contributed by atoms with van der Waals surface area (Å²) in [5, 5.41) is 8.78. The summed E-state index contributed by atoms with van der Waals surface area (Å²) in [7, 11) is 0. The molecule has 1 N–H and O–H groups in total. The van der Waals surface area contributed by atoms with Gasteiger partial charge in [-0.2, -0.15) is 0 Å². The summed E-state index contributed by atoms with van der Waals surface area (Å²) in [6.45, 7) is 5.62. The van der Waals surface area contributed by atoms with Gasteiger partial charge in [-0.15, -0.1) is 0 Å². The highest BCUT2D eigenvalue weighted by atomic mass is 16.5. The Balaban J connectivity index is 1.63. The first-order valence-electron chi connectivity index (χ1n) is 7.27. The first kappa shape index (κ1) is 14.9. The Morgan fingerprint density at radius 1 is 1.30 bits per heavy atom. The maximum absolute atomic E-state index is 10.7. The minimum atomic E-state index is -0.675. The highest BCUT2D eigenvalue weighted by Gasteiger charge is 2.20. The van der Waals surface area contributed by atoms with Gasteiger partial charge in [0.05, 0.1) is 0 Å². The lowest BCUT2D eigenvalue weighted by Crippen LogP contribution is -2.37. The lowest BCUT2D eigenvalue weighted by atomic mass is 9.94. The van der Waals surface area contributed by atoms with Crippen LogP contribution in [0.2, 0.25) is 0 Å². The standard InChI is InChI=1S/C16H23NO3/c1-13-2-4-15(5-3-13)20-11-10-17-8-6-14(7-9-17)12-16(18)19/h2-5,14H,6-12H2,1H3,(H,18,19). The van der Waals surface area contributed by atoms with E-state index in [-0.39, 0.29) is 0 Å². The first-order chi connectivity index (χ1) is 9.63. The van der Waals surface area contributed by atoms with E-state index in [1.807, 2.05) is 24.3 Å². The van der Waals surface area contributed by atoms with Crippen LogP contribution in [0.15, 0.2) is 24.3 Å². The number of aliphatic carboxylic acids is 1. The molecule has 1 aliphatic rings. The van der Waals surface area contributed by atoms with Crippen LogP contribution in [0.3, 0.4) is 0 Å². The van der Waals surface area contributed by atoms with Gasteiger partial charge < -0.3 is 9.84 Å². The zero-order valence-electron chi connectivity index (χ0n) is 12.0. The quantitative estimate of drug-likeness (QED) is 0.868. The average Bonchev–Trinajstić information content (AvgIpc) is 2.42. The molecule has 0 radical (unpaired) electrons. The Labute approximate surface area is 120 Å². The molecule has 1 aromatic carbocycles. The number of likely N-dealkylation sites (tertiary alicyclic amines) is 1. The number of aryl methyl sites for hydroxylation is 1. The van der Waals surface area contributed by atoms with Gasteiger partial charge in [-0.25, -0.2) is 0 Å². The summed E-state index contributed by atoms with van der Waals surface area (Å²) in [6, 6.07) is 8.09. The zero-order chi connectivity index (χ0) is 14.4. The van der Waals surface area contributed by atoms with Crippen molar-refractivity contribution in [3.8, 4) is 5.75 Å². The van der Waals surface area contributed by atoms with E-state index in [0.29, 0.717) is 18.9 Å². The van der Waals surface area contributed by atoms with E-state index < -0.39 is 5.97 Å². The summed E-state index contributed by atoms with van der Waals surface area (Å²) >= 11 is 0. The Hall–Kier alpha value is -1.55. The molecular weight excluding hydrogens is 254 g/mol. The molecule has 1 fully saturated rings. The topological polar surface area (TPSA) is 49.8 Å². The third kappa shape index (κ3) is 4.85. The number of hydrogen-bond acceptors (Lipinski definition) is 3. The summed E-state index contributed by atoms with van der Waals surface area (Å²) in [5.41, 5.74) is 1.23. The maximum atomic E-state index is 10.7. The van der Waals surface area contributed by atoms with Crippen LogP contribution in [0.1, 0.15) is 24.8 Å². The molecule has 0 aromatic heterocycles. The van der Waals surface area contributed by atoms with E-state index in [4.69, 9.17) is 9.84 Å². The lowest BCUT2D eigenvalue weighted by Gasteiger charge is -2.31. The van der Waals surface area contributed by atoms with Crippen LogP contribution >= 0.6 is 0 Å². The molecule has 0 atom stereocenters. The van der Waals surface area contributed by atoms with E-state index >= 15 is 0 Å². The lowest BCUT2D eigenvalue weighted by molar-refractivity contribution is -0.138. The second-order valence-corrected chi connectivity index (χ2v) is 5.54. The smallest absolute Gasteiger partial charge is 0.303 e. The molecule has 4 heteroatoms. The van der Waals surface area contributed by atoms with Crippen LogP contribution < -0.4 is 4.74 Å². The van der Waals surface area contributed by atoms with E-state index in [0.717, 1.165) is 38.2 Å². The van der Waals surface area contributed by atoms with E-state index in [1.54, 1.807) is 0 Å². The SMILES string of the molecule is Cc1ccc(OCCN2CCC(CC(=O)O)CC2)cc1. The molecule has 0 amide bonds. The summed E-state index contributed by atoms with van der Waals surface area (Å²) in [6.07, 6.45) is 2.28. The molecule has 1 aliphatic heterocycles. The molecule has 1 aromatic rings. The fourth-order valence-corrected chi connectivity index (χ4v) is 2.59. The zero-order valence-corrected chi connectivity index (χ0v) is 12.0. The Morgan fingerprint density at radius 3 is 2.55 bits per heavy atom. The number of piperidine rings is 1. The van der Waals surface area contributed by atoms with Crippen LogP contribution in [0, 0.1) is 12.8 Å². The summed E-state index contributed by atoms with van der Waals surface area (Å²) < 4.78 is 5.72. The second-order valence-electron chi connectivity index (χ2n) is 5.54. The van der Waals surface area contributed by atoms with Gasteiger partial charge in [0.1, 0.15) is 12.4 Å². The minimum Gasteiger partial charge on any atom is -0.492 e.